The number of aliphatic imine (C=N–C) groups is 1. The van der Waals surface area contributed by atoms with Gasteiger partial charge in [-0.2, -0.15) is 0 Å². The largest absolute Gasteiger partial charge is 0.451 e. The van der Waals surface area contributed by atoms with Crippen LogP contribution in [-0.2, 0) is 9.53 Å². The van der Waals surface area contributed by atoms with Gasteiger partial charge in [0.2, 0.25) is 5.90 Å². The highest BCUT2D eigenvalue weighted by molar-refractivity contribution is 7.12. The minimum absolute atomic E-state index is 0.224. The van der Waals surface area contributed by atoms with Gasteiger partial charge in [0.15, 0.2) is 12.1 Å². The first-order valence-electron chi connectivity index (χ1n) is 4.77. The number of thiophene rings is 1. The van der Waals surface area contributed by atoms with Gasteiger partial charge in [0.05, 0.1) is 4.88 Å². The van der Waals surface area contributed by atoms with Gasteiger partial charge in [0.25, 0.3) is 0 Å². The van der Waals surface area contributed by atoms with Gasteiger partial charge in [-0.15, -0.1) is 11.3 Å². The zero-order valence-electron chi connectivity index (χ0n) is 8.49. The van der Waals surface area contributed by atoms with E-state index in [4.69, 9.17) is 9.15 Å². The van der Waals surface area contributed by atoms with Gasteiger partial charge in [-0.1, -0.05) is 6.07 Å². The Morgan fingerprint density at radius 2 is 2.35 bits per heavy atom. The molecule has 3 heterocycles. The quantitative estimate of drug-likeness (QED) is 0.601. The molecule has 17 heavy (non-hydrogen) atoms. The fourth-order valence-corrected chi connectivity index (χ4v) is 2.00. The van der Waals surface area contributed by atoms with Crippen LogP contribution in [0.4, 0.5) is 0 Å². The molecular formula is C11H6N2O3S. The summed E-state index contributed by atoms with van der Waals surface area (Å²) in [6.07, 6.45) is 4.24. The maximum Gasteiger partial charge on any atom is 0.363 e. The Labute approximate surface area is 100 Å². The number of nitrogens with zero attached hydrogens (tertiary/aromatic N) is 2. The molecule has 0 unspecified atom stereocenters. The molecule has 84 valence electrons. The maximum atomic E-state index is 11.5. The molecule has 0 N–H and O–H groups in total. The Morgan fingerprint density at radius 1 is 1.41 bits per heavy atom. The van der Waals surface area contributed by atoms with E-state index in [1.807, 2.05) is 17.5 Å². The van der Waals surface area contributed by atoms with Crippen LogP contribution in [0.25, 0.3) is 6.08 Å². The molecule has 2 aromatic rings. The lowest BCUT2D eigenvalue weighted by molar-refractivity contribution is -0.129. The molecule has 0 saturated heterocycles. The van der Waals surface area contributed by atoms with E-state index in [0.29, 0.717) is 11.6 Å². The van der Waals surface area contributed by atoms with Crippen molar-refractivity contribution in [3.63, 3.8) is 0 Å². The molecule has 0 saturated carbocycles. The zero-order valence-corrected chi connectivity index (χ0v) is 9.31. The molecule has 0 aromatic carbocycles. The van der Waals surface area contributed by atoms with E-state index < -0.39 is 5.97 Å². The summed E-state index contributed by atoms with van der Waals surface area (Å²) in [5.41, 5.74) is 0.760. The number of aromatic nitrogens is 1. The Kier molecular flexibility index (Phi) is 2.34. The van der Waals surface area contributed by atoms with Crippen LogP contribution >= 0.6 is 11.3 Å². The molecule has 0 radical (unpaired) electrons. The summed E-state index contributed by atoms with van der Waals surface area (Å²) < 4.78 is 9.87. The van der Waals surface area contributed by atoms with Gasteiger partial charge >= 0.3 is 5.97 Å². The molecule has 3 rings (SSSR count). The van der Waals surface area contributed by atoms with Crippen molar-refractivity contribution in [1.29, 1.82) is 0 Å². The molecule has 0 atom stereocenters. The average Bonchev–Trinajstić information content (AvgIpc) is 3.02. The number of carbonyl (C=O) groups excluding carboxylic acids is 1. The topological polar surface area (TPSA) is 64.7 Å². The second-order valence-corrected chi connectivity index (χ2v) is 4.17. The highest BCUT2D eigenvalue weighted by atomic mass is 32.1. The van der Waals surface area contributed by atoms with Gasteiger partial charge in [0, 0.05) is 6.08 Å². The molecule has 1 aliphatic heterocycles. The third kappa shape index (κ3) is 1.90. The molecule has 0 amide bonds. The molecule has 0 fully saturated rings. The van der Waals surface area contributed by atoms with E-state index in [1.165, 1.54) is 30.1 Å². The third-order valence-corrected chi connectivity index (χ3v) is 2.95. The highest BCUT2D eigenvalue weighted by Gasteiger charge is 2.24. The number of esters is 1. The van der Waals surface area contributed by atoms with Crippen LogP contribution < -0.4 is 0 Å². The molecule has 2 aromatic heterocycles. The van der Waals surface area contributed by atoms with E-state index in [0.717, 1.165) is 4.88 Å². The maximum absolute atomic E-state index is 11.5. The molecule has 0 aliphatic carbocycles. The number of carbonyl (C=O) groups is 1. The van der Waals surface area contributed by atoms with Crippen LogP contribution in [0.2, 0.25) is 0 Å². The van der Waals surface area contributed by atoms with Crippen LogP contribution in [0.5, 0.6) is 0 Å². The number of hydrogen-bond donors (Lipinski definition) is 0. The lowest BCUT2D eigenvalue weighted by Crippen LogP contribution is -2.03. The van der Waals surface area contributed by atoms with E-state index in [-0.39, 0.29) is 5.70 Å². The van der Waals surface area contributed by atoms with Crippen LogP contribution in [0.15, 0.2) is 45.3 Å². The van der Waals surface area contributed by atoms with E-state index in [1.54, 1.807) is 0 Å². The summed E-state index contributed by atoms with van der Waals surface area (Å²) in [7, 11) is 0. The van der Waals surface area contributed by atoms with Crippen molar-refractivity contribution in [1.82, 2.24) is 4.98 Å². The van der Waals surface area contributed by atoms with Crippen LogP contribution in [0, 0.1) is 0 Å². The van der Waals surface area contributed by atoms with Gasteiger partial charge in [-0.05, 0) is 11.4 Å². The average molecular weight is 246 g/mol. The van der Waals surface area contributed by atoms with Gasteiger partial charge in [-0.3, -0.25) is 0 Å². The summed E-state index contributed by atoms with van der Waals surface area (Å²) >= 11 is 1.46. The fourth-order valence-electron chi connectivity index (χ4n) is 1.35. The summed E-state index contributed by atoms with van der Waals surface area (Å²) in [6.45, 7) is 0. The second kappa shape index (κ2) is 3.99. The van der Waals surface area contributed by atoms with Gasteiger partial charge in [0.1, 0.15) is 12.0 Å². The Hall–Kier alpha value is -2.21. The monoisotopic (exact) mass is 246 g/mol. The third-order valence-electron chi connectivity index (χ3n) is 2.09. The van der Waals surface area contributed by atoms with E-state index in [2.05, 4.69) is 9.98 Å². The molecule has 0 bridgehead atoms. The number of rotatable bonds is 2. The van der Waals surface area contributed by atoms with Crippen molar-refractivity contribution in [3.8, 4) is 0 Å². The highest BCUT2D eigenvalue weighted by Crippen LogP contribution is 2.20. The van der Waals surface area contributed by atoms with Crippen molar-refractivity contribution in [2.24, 2.45) is 4.99 Å². The Balaban J connectivity index is 1.95. The number of cyclic esters (lactones) is 1. The van der Waals surface area contributed by atoms with E-state index >= 15 is 0 Å². The second-order valence-electron chi connectivity index (χ2n) is 3.23. The number of ether oxygens (including phenoxy) is 1. The van der Waals surface area contributed by atoms with Crippen LogP contribution in [0.3, 0.4) is 0 Å². The van der Waals surface area contributed by atoms with Crippen molar-refractivity contribution in [3.05, 3.63) is 46.4 Å². The summed E-state index contributed by atoms with van der Waals surface area (Å²) in [6, 6.07) is 3.71. The fraction of sp³-hybridized carbons (Fsp3) is 0. The van der Waals surface area contributed by atoms with Crippen molar-refractivity contribution >= 4 is 29.3 Å². The molecule has 6 heteroatoms. The first kappa shape index (κ1) is 9.98. The Morgan fingerprint density at radius 3 is 3.06 bits per heavy atom. The van der Waals surface area contributed by atoms with Crippen molar-refractivity contribution in [2.75, 3.05) is 0 Å². The smallest absolute Gasteiger partial charge is 0.363 e. The summed E-state index contributed by atoms with van der Waals surface area (Å²) in [5.74, 6) is -0.142. The predicted octanol–water partition coefficient (Wildman–Crippen LogP) is 2.08. The molecule has 0 spiro atoms. The van der Waals surface area contributed by atoms with Crippen molar-refractivity contribution < 1.29 is 13.9 Å². The number of hydrogen-bond acceptors (Lipinski definition) is 6. The van der Waals surface area contributed by atoms with Gasteiger partial charge in [-0.25, -0.2) is 14.8 Å². The number of oxazole rings is 1. The summed E-state index contributed by atoms with van der Waals surface area (Å²) in [4.78, 5) is 20.4. The lowest BCUT2D eigenvalue weighted by atomic mass is 10.3. The lowest BCUT2D eigenvalue weighted by Gasteiger charge is -1.92. The SMILES string of the molecule is O=C1OC(c2cccs2)=N/C1=C/c1cocn1. The van der Waals surface area contributed by atoms with Crippen LogP contribution in [0.1, 0.15) is 10.6 Å². The van der Waals surface area contributed by atoms with Gasteiger partial charge < -0.3 is 9.15 Å². The zero-order chi connectivity index (χ0) is 11.7. The van der Waals surface area contributed by atoms with Crippen molar-refractivity contribution in [2.45, 2.75) is 0 Å². The molecular weight excluding hydrogens is 240 g/mol. The van der Waals surface area contributed by atoms with Crippen LogP contribution in [-0.4, -0.2) is 16.9 Å². The minimum Gasteiger partial charge on any atom is -0.451 e. The predicted molar refractivity (Wildman–Crippen MR) is 61.4 cm³/mol. The minimum atomic E-state index is -0.476. The standard InChI is InChI=1S/C11H6N2O3S/c14-11-8(4-7-5-15-6-12-7)13-10(16-11)9-2-1-3-17-9/h1-6H/b8-4+. The summed E-state index contributed by atoms with van der Waals surface area (Å²) in [5, 5.41) is 1.89. The first-order chi connectivity index (χ1) is 8.33. The first-order valence-corrected chi connectivity index (χ1v) is 5.65. The molecule has 1 aliphatic rings. The Bertz CT molecular complexity index is 597. The normalized spacial score (nSPS) is 17.3. The molecule has 5 nitrogen and oxygen atoms in total. The van der Waals surface area contributed by atoms with E-state index in [9.17, 15) is 4.79 Å².